The zero-order valence-corrected chi connectivity index (χ0v) is 8.45. The van der Waals surface area contributed by atoms with Gasteiger partial charge in [-0.05, 0) is 23.8 Å². The van der Waals surface area contributed by atoms with Crippen molar-refractivity contribution in [3.05, 3.63) is 59.3 Å². The maximum Gasteiger partial charge on any atom is 0.129 e. The van der Waals surface area contributed by atoms with Gasteiger partial charge in [-0.3, -0.25) is 0 Å². The summed E-state index contributed by atoms with van der Waals surface area (Å²) in [5.41, 5.74) is 6.25. The Morgan fingerprint density at radius 3 is 2.38 bits per heavy atom. The maximum absolute atomic E-state index is 13.4. The number of nitrogen functional groups attached to an aromatic ring is 1. The number of pyridine rings is 1. The van der Waals surface area contributed by atoms with Crippen molar-refractivity contribution in [1.82, 2.24) is 4.98 Å². The Balaban J connectivity index is 2.38. The molecule has 0 bridgehead atoms. The molecule has 16 heavy (non-hydrogen) atoms. The van der Waals surface area contributed by atoms with Crippen molar-refractivity contribution >= 4 is 5.82 Å². The predicted molar refractivity (Wildman–Crippen MR) is 57.8 cm³/mol. The Bertz CT molecular complexity index is 492. The van der Waals surface area contributed by atoms with E-state index in [-0.39, 0.29) is 12.0 Å². The zero-order valence-electron chi connectivity index (χ0n) is 8.45. The molecule has 0 amide bonds. The van der Waals surface area contributed by atoms with Crippen molar-refractivity contribution in [3.8, 4) is 0 Å². The van der Waals surface area contributed by atoms with Crippen LogP contribution in [-0.2, 0) is 6.42 Å². The number of nitrogens with two attached hydrogens (primary N) is 1. The Morgan fingerprint density at radius 2 is 1.75 bits per heavy atom. The lowest BCUT2D eigenvalue weighted by molar-refractivity contribution is 0.561. The van der Waals surface area contributed by atoms with Crippen molar-refractivity contribution in [2.45, 2.75) is 6.42 Å². The molecule has 0 atom stereocenters. The van der Waals surface area contributed by atoms with E-state index in [2.05, 4.69) is 4.98 Å². The van der Waals surface area contributed by atoms with Gasteiger partial charge in [0.1, 0.15) is 17.5 Å². The van der Waals surface area contributed by atoms with E-state index in [1.165, 1.54) is 24.4 Å². The first kappa shape index (κ1) is 10.5. The fourth-order valence-electron chi connectivity index (χ4n) is 1.49. The molecule has 0 radical (unpaired) electrons. The first-order chi connectivity index (χ1) is 7.68. The molecule has 0 unspecified atom stereocenters. The molecule has 1 heterocycles. The van der Waals surface area contributed by atoms with E-state index in [1.54, 1.807) is 12.1 Å². The van der Waals surface area contributed by atoms with Gasteiger partial charge in [0.2, 0.25) is 0 Å². The number of halogens is 2. The van der Waals surface area contributed by atoms with Gasteiger partial charge in [0, 0.05) is 18.2 Å². The zero-order chi connectivity index (χ0) is 11.5. The van der Waals surface area contributed by atoms with Gasteiger partial charge in [-0.2, -0.15) is 0 Å². The number of hydrogen-bond acceptors (Lipinski definition) is 2. The molecule has 0 aliphatic heterocycles. The number of anilines is 1. The van der Waals surface area contributed by atoms with E-state index < -0.39 is 11.6 Å². The SMILES string of the molecule is Nc1ncccc1Cc1c(F)cccc1F. The number of nitrogens with zero attached hydrogens (tertiary/aromatic N) is 1. The molecule has 0 saturated heterocycles. The topological polar surface area (TPSA) is 38.9 Å². The van der Waals surface area contributed by atoms with Crippen molar-refractivity contribution in [1.29, 1.82) is 0 Å². The predicted octanol–water partition coefficient (Wildman–Crippen LogP) is 2.53. The van der Waals surface area contributed by atoms with Crippen molar-refractivity contribution < 1.29 is 8.78 Å². The summed E-state index contributed by atoms with van der Waals surface area (Å²) in [6, 6.07) is 7.18. The lowest BCUT2D eigenvalue weighted by atomic mass is 10.0. The summed E-state index contributed by atoms with van der Waals surface area (Å²) in [6.07, 6.45) is 1.65. The largest absolute Gasteiger partial charge is 0.383 e. The van der Waals surface area contributed by atoms with Crippen LogP contribution in [0, 0.1) is 11.6 Å². The van der Waals surface area contributed by atoms with Crippen molar-refractivity contribution in [3.63, 3.8) is 0 Å². The van der Waals surface area contributed by atoms with Crippen LogP contribution < -0.4 is 5.73 Å². The molecule has 2 N–H and O–H groups in total. The summed E-state index contributed by atoms with van der Waals surface area (Å²) >= 11 is 0. The van der Waals surface area contributed by atoms with Crippen LogP contribution >= 0.6 is 0 Å². The smallest absolute Gasteiger partial charge is 0.129 e. The number of benzene rings is 1. The molecule has 0 saturated carbocycles. The second-order valence-electron chi connectivity index (χ2n) is 3.42. The third-order valence-corrected chi connectivity index (χ3v) is 2.36. The van der Waals surface area contributed by atoms with Crippen LogP contribution in [0.3, 0.4) is 0 Å². The van der Waals surface area contributed by atoms with Crippen molar-refractivity contribution in [2.75, 3.05) is 5.73 Å². The Morgan fingerprint density at radius 1 is 1.06 bits per heavy atom. The average Bonchev–Trinajstić information content (AvgIpc) is 2.26. The van der Waals surface area contributed by atoms with Gasteiger partial charge in [0.15, 0.2) is 0 Å². The monoisotopic (exact) mass is 220 g/mol. The molecule has 0 spiro atoms. The van der Waals surface area contributed by atoms with Crippen LogP contribution in [-0.4, -0.2) is 4.98 Å². The molecule has 2 rings (SSSR count). The molecule has 2 aromatic rings. The highest BCUT2D eigenvalue weighted by molar-refractivity contribution is 5.42. The van der Waals surface area contributed by atoms with Crippen LogP contribution in [0.25, 0.3) is 0 Å². The molecule has 4 heteroatoms. The fraction of sp³-hybridized carbons (Fsp3) is 0.0833. The van der Waals surface area contributed by atoms with Gasteiger partial charge < -0.3 is 5.73 Å². The van der Waals surface area contributed by atoms with Crippen molar-refractivity contribution in [2.24, 2.45) is 0 Å². The van der Waals surface area contributed by atoms with E-state index >= 15 is 0 Å². The summed E-state index contributed by atoms with van der Waals surface area (Å²) in [6.45, 7) is 0. The summed E-state index contributed by atoms with van der Waals surface area (Å²) in [5, 5.41) is 0. The number of rotatable bonds is 2. The Hall–Kier alpha value is -1.97. The molecule has 82 valence electrons. The Kier molecular flexibility index (Phi) is 2.81. The van der Waals surface area contributed by atoms with Crippen LogP contribution in [0.1, 0.15) is 11.1 Å². The van der Waals surface area contributed by atoms with E-state index in [1.807, 2.05) is 0 Å². The second kappa shape index (κ2) is 4.26. The minimum absolute atomic E-state index is 0.0159. The fourth-order valence-corrected chi connectivity index (χ4v) is 1.49. The molecule has 1 aromatic heterocycles. The quantitative estimate of drug-likeness (QED) is 0.844. The molecule has 1 aromatic carbocycles. The van der Waals surface area contributed by atoms with Crippen LogP contribution in [0.5, 0.6) is 0 Å². The van der Waals surface area contributed by atoms with Gasteiger partial charge in [0.05, 0.1) is 0 Å². The van der Waals surface area contributed by atoms with Crippen LogP contribution in [0.15, 0.2) is 36.5 Å². The highest BCUT2D eigenvalue weighted by Gasteiger charge is 2.10. The molecule has 2 nitrogen and oxygen atoms in total. The van der Waals surface area contributed by atoms with E-state index in [9.17, 15) is 8.78 Å². The van der Waals surface area contributed by atoms with Gasteiger partial charge in [0.25, 0.3) is 0 Å². The molecule has 0 fully saturated rings. The van der Waals surface area contributed by atoms with E-state index in [0.29, 0.717) is 11.4 Å². The minimum Gasteiger partial charge on any atom is -0.383 e. The lowest BCUT2D eigenvalue weighted by Crippen LogP contribution is -2.01. The third kappa shape index (κ3) is 2.00. The van der Waals surface area contributed by atoms with E-state index in [4.69, 9.17) is 5.73 Å². The Labute approximate surface area is 91.7 Å². The third-order valence-electron chi connectivity index (χ3n) is 2.36. The van der Waals surface area contributed by atoms with E-state index in [0.717, 1.165) is 0 Å². The van der Waals surface area contributed by atoms with Gasteiger partial charge in [-0.15, -0.1) is 0 Å². The molecular weight excluding hydrogens is 210 g/mol. The number of aromatic nitrogens is 1. The average molecular weight is 220 g/mol. The molecule has 0 aliphatic carbocycles. The van der Waals surface area contributed by atoms with Gasteiger partial charge in [-0.25, -0.2) is 13.8 Å². The molecule has 0 aliphatic rings. The highest BCUT2D eigenvalue weighted by Crippen LogP contribution is 2.19. The van der Waals surface area contributed by atoms with Gasteiger partial charge >= 0.3 is 0 Å². The number of hydrogen-bond donors (Lipinski definition) is 1. The summed E-state index contributed by atoms with van der Waals surface area (Å²) < 4.78 is 26.7. The maximum atomic E-state index is 13.4. The first-order valence-electron chi connectivity index (χ1n) is 4.80. The molecular formula is C12H10F2N2. The second-order valence-corrected chi connectivity index (χ2v) is 3.42. The standard InChI is InChI=1S/C12H10F2N2/c13-10-4-1-5-11(14)9(10)7-8-3-2-6-16-12(8)15/h1-6H,7H2,(H2,15,16). The normalized spacial score (nSPS) is 10.4. The van der Waals surface area contributed by atoms with Gasteiger partial charge in [-0.1, -0.05) is 12.1 Å². The first-order valence-corrected chi connectivity index (χ1v) is 4.80. The van der Waals surface area contributed by atoms with Crippen LogP contribution in [0.4, 0.5) is 14.6 Å². The van der Waals surface area contributed by atoms with Crippen LogP contribution in [0.2, 0.25) is 0 Å². The summed E-state index contributed by atoms with van der Waals surface area (Å²) in [7, 11) is 0. The summed E-state index contributed by atoms with van der Waals surface area (Å²) in [5.74, 6) is -0.836. The highest BCUT2D eigenvalue weighted by atomic mass is 19.1. The minimum atomic E-state index is -0.566. The summed E-state index contributed by atoms with van der Waals surface area (Å²) in [4.78, 5) is 3.87. The lowest BCUT2D eigenvalue weighted by Gasteiger charge is -2.06.